The van der Waals surface area contributed by atoms with E-state index in [4.69, 9.17) is 35.3 Å². The summed E-state index contributed by atoms with van der Waals surface area (Å²) in [5, 5.41) is 12.2. The van der Waals surface area contributed by atoms with Crippen molar-refractivity contribution in [2.24, 2.45) is 5.92 Å². The minimum Gasteiger partial charge on any atom is -0.491 e. The van der Waals surface area contributed by atoms with E-state index in [2.05, 4.69) is 0 Å². The summed E-state index contributed by atoms with van der Waals surface area (Å²) in [7, 11) is 0. The highest BCUT2D eigenvalue weighted by Gasteiger charge is 2.71. The van der Waals surface area contributed by atoms with Crippen molar-refractivity contribution in [3.05, 3.63) is 136 Å². The first-order valence-corrected chi connectivity index (χ1v) is 16.5. The van der Waals surface area contributed by atoms with Crippen molar-refractivity contribution in [1.29, 1.82) is 0 Å². The third-order valence-electron chi connectivity index (χ3n) is 9.47. The minimum atomic E-state index is -1.44. The van der Waals surface area contributed by atoms with Crippen LogP contribution in [0.4, 0.5) is 4.39 Å². The SMILES string of the molecule is CCOc1ccc(Cc2cc([C@]34OC[C@](C(C)(C)O)(O3)[C@@H](C)[C@H](OCc3ccccc3)[C@H]4OCc3ccccc3)ccc2Cl)cc1F. The van der Waals surface area contributed by atoms with E-state index in [-0.39, 0.29) is 18.3 Å². The maximum absolute atomic E-state index is 14.8. The van der Waals surface area contributed by atoms with Gasteiger partial charge in [-0.05, 0) is 73.7 Å². The Morgan fingerprint density at radius 3 is 2.17 bits per heavy atom. The minimum absolute atomic E-state index is 0.121. The van der Waals surface area contributed by atoms with Gasteiger partial charge in [0.15, 0.2) is 11.6 Å². The van der Waals surface area contributed by atoms with Crippen LogP contribution in [0.25, 0.3) is 0 Å². The quantitative estimate of drug-likeness (QED) is 0.166. The van der Waals surface area contributed by atoms with E-state index in [1.807, 2.05) is 92.7 Å². The average molecular weight is 661 g/mol. The fraction of sp³-hybridized carbons (Fsp3) is 0.385. The second kappa shape index (κ2) is 13.7. The zero-order valence-electron chi connectivity index (χ0n) is 27.2. The number of ether oxygens (including phenoxy) is 5. The van der Waals surface area contributed by atoms with Gasteiger partial charge in [0.2, 0.25) is 5.79 Å². The first-order chi connectivity index (χ1) is 22.6. The second-order valence-electron chi connectivity index (χ2n) is 13.0. The van der Waals surface area contributed by atoms with Gasteiger partial charge >= 0.3 is 0 Å². The van der Waals surface area contributed by atoms with Crippen LogP contribution in [0.1, 0.15) is 55.5 Å². The molecule has 0 saturated carbocycles. The molecule has 2 aliphatic rings. The lowest BCUT2D eigenvalue weighted by atomic mass is 9.70. The molecule has 0 radical (unpaired) electrons. The lowest BCUT2D eigenvalue weighted by molar-refractivity contribution is -0.352. The molecule has 4 aromatic rings. The molecule has 0 aromatic heterocycles. The molecular formula is C39H42ClFO6. The molecule has 1 N–H and O–H groups in total. The van der Waals surface area contributed by atoms with Crippen LogP contribution in [0.15, 0.2) is 97.1 Å². The van der Waals surface area contributed by atoms with E-state index in [1.165, 1.54) is 6.07 Å². The highest BCUT2D eigenvalue weighted by Crippen LogP contribution is 2.57. The van der Waals surface area contributed by atoms with Crippen LogP contribution >= 0.6 is 11.6 Å². The Hall–Kier alpha value is -3.30. The number of rotatable bonds is 12. The maximum atomic E-state index is 14.8. The normalized spacial score (nSPS) is 25.6. The molecule has 2 heterocycles. The smallest absolute Gasteiger partial charge is 0.225 e. The summed E-state index contributed by atoms with van der Waals surface area (Å²) >= 11 is 6.76. The van der Waals surface area contributed by atoms with Gasteiger partial charge in [0.05, 0.1) is 38.1 Å². The molecule has 47 heavy (non-hydrogen) atoms. The first-order valence-electron chi connectivity index (χ1n) is 16.1. The molecule has 0 aliphatic carbocycles. The third kappa shape index (κ3) is 6.58. The maximum Gasteiger partial charge on any atom is 0.225 e. The first kappa shape index (κ1) is 33.6. The van der Waals surface area contributed by atoms with Crippen molar-refractivity contribution in [1.82, 2.24) is 0 Å². The van der Waals surface area contributed by atoms with Crippen molar-refractivity contribution in [2.45, 2.75) is 76.5 Å². The summed E-state index contributed by atoms with van der Waals surface area (Å²) in [6, 6.07) is 30.4. The summed E-state index contributed by atoms with van der Waals surface area (Å²) < 4.78 is 47.5. The van der Waals surface area contributed by atoms with Gasteiger partial charge in [0.25, 0.3) is 0 Å². The molecule has 0 amide bonds. The monoisotopic (exact) mass is 660 g/mol. The topological polar surface area (TPSA) is 66.4 Å². The number of hydrogen-bond donors (Lipinski definition) is 1. The zero-order valence-corrected chi connectivity index (χ0v) is 28.0. The Bertz CT molecular complexity index is 1660. The largest absolute Gasteiger partial charge is 0.491 e. The van der Waals surface area contributed by atoms with Gasteiger partial charge in [-0.1, -0.05) is 91.3 Å². The van der Waals surface area contributed by atoms with Crippen molar-refractivity contribution in [3.63, 3.8) is 0 Å². The van der Waals surface area contributed by atoms with Gasteiger partial charge in [0, 0.05) is 16.5 Å². The summed E-state index contributed by atoms with van der Waals surface area (Å²) in [5.41, 5.74) is 1.78. The van der Waals surface area contributed by atoms with Crippen LogP contribution in [-0.2, 0) is 44.4 Å². The molecule has 2 saturated heterocycles. The molecule has 2 aliphatic heterocycles. The Balaban J connectivity index is 1.42. The second-order valence-corrected chi connectivity index (χ2v) is 13.4. The standard InChI is InChI=1S/C39H42ClFO6/c1-5-43-34-19-16-29(21-33(34)41)20-30-22-31(17-18-32(30)40)39-36(45-24-28-14-10-7-11-15-28)35(44-23-27-12-8-6-9-13-27)26(2)38(47-39,25-46-39)37(3,4)42/h6-19,21-22,26,35-36,42H,5,20,23-25H2,1-4H3/t26-,35-,36+,38-,39-/m0/s1. The van der Waals surface area contributed by atoms with Crippen LogP contribution in [0, 0.1) is 11.7 Å². The van der Waals surface area contributed by atoms with E-state index < -0.39 is 35.0 Å². The van der Waals surface area contributed by atoms with Crippen LogP contribution < -0.4 is 4.74 Å². The van der Waals surface area contributed by atoms with Crippen LogP contribution in [-0.4, -0.2) is 41.7 Å². The molecule has 5 atom stereocenters. The van der Waals surface area contributed by atoms with Crippen molar-refractivity contribution < 1.29 is 33.2 Å². The Morgan fingerprint density at radius 2 is 1.55 bits per heavy atom. The van der Waals surface area contributed by atoms with E-state index >= 15 is 0 Å². The molecule has 4 aromatic carbocycles. The van der Waals surface area contributed by atoms with E-state index in [0.29, 0.717) is 36.8 Å². The molecular weight excluding hydrogens is 619 g/mol. The van der Waals surface area contributed by atoms with Gasteiger partial charge in [0.1, 0.15) is 11.7 Å². The molecule has 0 spiro atoms. The molecule has 8 heteroatoms. The lowest BCUT2D eigenvalue weighted by Gasteiger charge is -2.54. The molecule has 248 valence electrons. The van der Waals surface area contributed by atoms with Gasteiger partial charge < -0.3 is 28.8 Å². The highest BCUT2D eigenvalue weighted by atomic mass is 35.5. The molecule has 6 nitrogen and oxygen atoms in total. The lowest BCUT2D eigenvalue weighted by Crippen LogP contribution is -2.68. The van der Waals surface area contributed by atoms with Crippen molar-refractivity contribution >= 4 is 11.6 Å². The number of fused-ring (bicyclic) bond motifs is 2. The Morgan fingerprint density at radius 1 is 0.894 bits per heavy atom. The fourth-order valence-corrected chi connectivity index (χ4v) is 7.04. The summed E-state index contributed by atoms with van der Waals surface area (Å²) in [5.74, 6) is -1.98. The van der Waals surface area contributed by atoms with E-state index in [1.54, 1.807) is 26.0 Å². The Labute approximate surface area is 281 Å². The molecule has 6 rings (SSSR count). The van der Waals surface area contributed by atoms with Gasteiger partial charge in [-0.25, -0.2) is 4.39 Å². The zero-order chi connectivity index (χ0) is 33.2. The van der Waals surface area contributed by atoms with Gasteiger partial charge in [-0.15, -0.1) is 0 Å². The third-order valence-corrected chi connectivity index (χ3v) is 9.84. The predicted molar refractivity (Wildman–Crippen MR) is 179 cm³/mol. The molecule has 0 unspecified atom stereocenters. The van der Waals surface area contributed by atoms with Crippen molar-refractivity contribution in [2.75, 3.05) is 13.2 Å². The van der Waals surface area contributed by atoms with Crippen LogP contribution in [0.2, 0.25) is 5.02 Å². The van der Waals surface area contributed by atoms with Crippen molar-refractivity contribution in [3.8, 4) is 5.75 Å². The summed E-state index contributed by atoms with van der Waals surface area (Å²) in [6.45, 7) is 8.47. The number of hydrogen-bond acceptors (Lipinski definition) is 6. The van der Waals surface area contributed by atoms with Gasteiger partial charge in [-0.3, -0.25) is 0 Å². The van der Waals surface area contributed by atoms with E-state index in [9.17, 15) is 9.50 Å². The average Bonchev–Trinajstić information content (AvgIpc) is 3.45. The van der Waals surface area contributed by atoms with Gasteiger partial charge in [-0.2, -0.15) is 0 Å². The molecule has 2 bridgehead atoms. The highest BCUT2D eigenvalue weighted by molar-refractivity contribution is 6.31. The number of halogens is 2. The number of benzene rings is 4. The molecule has 2 fully saturated rings. The predicted octanol–water partition coefficient (Wildman–Crippen LogP) is 8.00. The summed E-state index contributed by atoms with van der Waals surface area (Å²) in [6.07, 6.45) is -0.889. The number of aliphatic hydroxyl groups is 1. The summed E-state index contributed by atoms with van der Waals surface area (Å²) in [4.78, 5) is 0. The van der Waals surface area contributed by atoms with E-state index in [0.717, 1.165) is 22.3 Å². The van der Waals surface area contributed by atoms with Crippen LogP contribution in [0.5, 0.6) is 5.75 Å². The fourth-order valence-electron chi connectivity index (χ4n) is 6.85. The van der Waals surface area contributed by atoms with Crippen LogP contribution in [0.3, 0.4) is 0 Å². The Kier molecular flexibility index (Phi) is 9.77.